The Kier molecular flexibility index (Phi) is 6.98. The van der Waals surface area contributed by atoms with Crippen molar-refractivity contribution >= 4 is 11.3 Å². The summed E-state index contributed by atoms with van der Waals surface area (Å²) in [5, 5.41) is 10.7. The molecule has 33 heavy (non-hydrogen) atoms. The van der Waals surface area contributed by atoms with E-state index >= 15 is 0 Å². The van der Waals surface area contributed by atoms with E-state index in [0.717, 1.165) is 54.7 Å². The molecule has 0 spiro atoms. The standard InChI is InChI=1S/C26H27F3O3S/c1-2-3-20-10-11-21(33-20)14-22-23(30)15-24(32-25(22)31)18(12-16-4-5-16)13-17-6-8-19(9-7-17)26(27,28)29/h6-11,15-16,18,30H,2-5,12-14H2,1H3. The average Bonchev–Trinajstić information content (AvgIpc) is 3.47. The summed E-state index contributed by atoms with van der Waals surface area (Å²) in [4.78, 5) is 15.0. The molecule has 3 aromatic rings. The van der Waals surface area contributed by atoms with E-state index in [1.165, 1.54) is 23.1 Å². The summed E-state index contributed by atoms with van der Waals surface area (Å²) in [6.45, 7) is 2.11. The molecule has 1 N–H and O–H groups in total. The van der Waals surface area contributed by atoms with Crippen molar-refractivity contribution in [2.75, 3.05) is 0 Å². The second-order valence-electron chi connectivity index (χ2n) is 8.87. The van der Waals surface area contributed by atoms with Crippen LogP contribution in [0, 0.1) is 5.92 Å². The lowest BCUT2D eigenvalue weighted by atomic mass is 9.90. The summed E-state index contributed by atoms with van der Waals surface area (Å²) in [6, 6.07) is 10.6. The van der Waals surface area contributed by atoms with Gasteiger partial charge in [-0.05, 0) is 55.0 Å². The maximum absolute atomic E-state index is 12.9. The Bertz CT molecular complexity index is 1140. The molecule has 0 bridgehead atoms. The van der Waals surface area contributed by atoms with Gasteiger partial charge in [-0.3, -0.25) is 0 Å². The van der Waals surface area contributed by atoms with Gasteiger partial charge in [0.15, 0.2) is 0 Å². The second kappa shape index (κ2) is 9.75. The van der Waals surface area contributed by atoms with E-state index in [0.29, 0.717) is 24.5 Å². The number of rotatable bonds is 9. The van der Waals surface area contributed by atoms with Crippen LogP contribution in [-0.4, -0.2) is 5.11 Å². The van der Waals surface area contributed by atoms with Gasteiger partial charge in [-0.2, -0.15) is 13.2 Å². The van der Waals surface area contributed by atoms with Crippen LogP contribution < -0.4 is 5.63 Å². The smallest absolute Gasteiger partial charge is 0.416 e. The van der Waals surface area contributed by atoms with E-state index in [9.17, 15) is 23.1 Å². The van der Waals surface area contributed by atoms with Crippen molar-refractivity contribution < 1.29 is 22.7 Å². The van der Waals surface area contributed by atoms with Crippen molar-refractivity contribution in [2.24, 2.45) is 5.92 Å². The van der Waals surface area contributed by atoms with Gasteiger partial charge in [-0.15, -0.1) is 11.3 Å². The van der Waals surface area contributed by atoms with Gasteiger partial charge in [0.05, 0.1) is 11.1 Å². The zero-order valence-electron chi connectivity index (χ0n) is 18.5. The quantitative estimate of drug-likeness (QED) is 0.358. The molecule has 2 aromatic heterocycles. The molecular weight excluding hydrogens is 449 g/mol. The highest BCUT2D eigenvalue weighted by atomic mass is 32.1. The zero-order chi connectivity index (χ0) is 23.6. The van der Waals surface area contributed by atoms with Crippen LogP contribution >= 0.6 is 11.3 Å². The van der Waals surface area contributed by atoms with Crippen LogP contribution in [0.1, 0.15) is 70.7 Å². The molecule has 2 heterocycles. The van der Waals surface area contributed by atoms with Crippen LogP contribution in [0.3, 0.4) is 0 Å². The molecule has 1 aliphatic carbocycles. The van der Waals surface area contributed by atoms with Gasteiger partial charge in [-0.25, -0.2) is 4.79 Å². The number of aromatic hydroxyl groups is 1. The van der Waals surface area contributed by atoms with Crippen LogP contribution in [0.15, 0.2) is 51.7 Å². The van der Waals surface area contributed by atoms with Crippen molar-refractivity contribution in [3.05, 3.63) is 85.1 Å². The Hall–Kier alpha value is -2.54. The fourth-order valence-corrected chi connectivity index (χ4v) is 5.26. The molecule has 4 rings (SSSR count). The highest BCUT2D eigenvalue weighted by Gasteiger charge is 2.31. The monoisotopic (exact) mass is 476 g/mol. The number of benzene rings is 1. The number of hydrogen-bond donors (Lipinski definition) is 1. The third-order valence-corrected chi connectivity index (χ3v) is 7.24. The van der Waals surface area contributed by atoms with Crippen molar-refractivity contribution in [1.82, 2.24) is 0 Å². The maximum atomic E-state index is 12.9. The molecule has 3 nitrogen and oxygen atoms in total. The van der Waals surface area contributed by atoms with Crippen LogP contribution in [0.25, 0.3) is 0 Å². The molecule has 7 heteroatoms. The molecule has 176 valence electrons. The lowest BCUT2D eigenvalue weighted by Crippen LogP contribution is -2.13. The van der Waals surface area contributed by atoms with Gasteiger partial charge < -0.3 is 9.52 Å². The predicted molar refractivity (Wildman–Crippen MR) is 123 cm³/mol. The number of halogens is 3. The second-order valence-corrected chi connectivity index (χ2v) is 10.1. The molecular formula is C26H27F3O3S. The molecule has 1 fully saturated rings. The van der Waals surface area contributed by atoms with Gasteiger partial charge >= 0.3 is 11.8 Å². The van der Waals surface area contributed by atoms with E-state index < -0.39 is 17.4 Å². The third kappa shape index (κ3) is 6.08. The summed E-state index contributed by atoms with van der Waals surface area (Å²) in [6.07, 6.45) is 1.37. The summed E-state index contributed by atoms with van der Waals surface area (Å²) < 4.78 is 44.3. The fraction of sp³-hybridized carbons (Fsp3) is 0.423. The minimum atomic E-state index is -4.37. The van der Waals surface area contributed by atoms with Crippen LogP contribution in [0.4, 0.5) is 13.2 Å². The lowest BCUT2D eigenvalue weighted by Gasteiger charge is -2.17. The third-order valence-electron chi connectivity index (χ3n) is 6.09. The molecule has 0 saturated heterocycles. The van der Waals surface area contributed by atoms with Crippen molar-refractivity contribution in [1.29, 1.82) is 0 Å². The Morgan fingerprint density at radius 3 is 2.42 bits per heavy atom. The van der Waals surface area contributed by atoms with Gasteiger partial charge in [0.2, 0.25) is 0 Å². The first-order valence-electron chi connectivity index (χ1n) is 11.3. The van der Waals surface area contributed by atoms with Crippen molar-refractivity contribution in [3.8, 4) is 5.75 Å². The van der Waals surface area contributed by atoms with E-state index in [-0.39, 0.29) is 17.2 Å². The minimum absolute atomic E-state index is 0.0834. The van der Waals surface area contributed by atoms with Gasteiger partial charge in [0.1, 0.15) is 11.5 Å². The lowest BCUT2D eigenvalue weighted by molar-refractivity contribution is -0.137. The van der Waals surface area contributed by atoms with E-state index in [4.69, 9.17) is 4.42 Å². The Morgan fingerprint density at radius 2 is 1.82 bits per heavy atom. The van der Waals surface area contributed by atoms with Crippen LogP contribution in [0.2, 0.25) is 0 Å². The zero-order valence-corrected chi connectivity index (χ0v) is 19.3. The molecule has 1 saturated carbocycles. The first-order valence-corrected chi connectivity index (χ1v) is 12.1. The number of hydrogen-bond acceptors (Lipinski definition) is 4. The summed E-state index contributed by atoms with van der Waals surface area (Å²) >= 11 is 1.63. The van der Waals surface area contributed by atoms with E-state index in [1.54, 1.807) is 11.3 Å². The van der Waals surface area contributed by atoms with Crippen LogP contribution in [0.5, 0.6) is 5.75 Å². The van der Waals surface area contributed by atoms with Crippen molar-refractivity contribution in [2.45, 2.75) is 64.0 Å². The van der Waals surface area contributed by atoms with Gasteiger partial charge in [-0.1, -0.05) is 38.3 Å². The van der Waals surface area contributed by atoms with E-state index in [2.05, 4.69) is 6.92 Å². The predicted octanol–water partition coefficient (Wildman–Crippen LogP) is 7.10. The minimum Gasteiger partial charge on any atom is -0.507 e. The highest BCUT2D eigenvalue weighted by molar-refractivity contribution is 7.12. The van der Waals surface area contributed by atoms with Gasteiger partial charge in [0, 0.05) is 28.2 Å². The summed E-state index contributed by atoms with van der Waals surface area (Å²) in [5.74, 6) is 0.644. The fourth-order valence-electron chi connectivity index (χ4n) is 4.13. The highest BCUT2D eigenvalue weighted by Crippen LogP contribution is 2.41. The Morgan fingerprint density at radius 1 is 1.12 bits per heavy atom. The molecule has 0 aliphatic heterocycles. The van der Waals surface area contributed by atoms with E-state index in [1.807, 2.05) is 12.1 Å². The summed E-state index contributed by atoms with van der Waals surface area (Å²) in [7, 11) is 0. The maximum Gasteiger partial charge on any atom is 0.416 e. The average molecular weight is 477 g/mol. The first-order chi connectivity index (χ1) is 15.7. The van der Waals surface area contributed by atoms with Gasteiger partial charge in [0.25, 0.3) is 0 Å². The normalized spacial score (nSPS) is 15.0. The molecule has 1 aromatic carbocycles. The molecule has 0 amide bonds. The SMILES string of the molecule is CCCc1ccc(Cc2c(O)cc(C(Cc3ccc(C(F)(F)F)cc3)CC3CC3)oc2=O)s1. The molecule has 0 radical (unpaired) electrons. The largest absolute Gasteiger partial charge is 0.507 e. The Labute approximate surface area is 194 Å². The number of thiophene rings is 1. The van der Waals surface area contributed by atoms with Crippen LogP contribution in [-0.2, 0) is 25.4 Å². The molecule has 1 aliphatic rings. The topological polar surface area (TPSA) is 50.4 Å². The number of aryl methyl sites for hydroxylation is 1. The first kappa shape index (κ1) is 23.6. The van der Waals surface area contributed by atoms with Crippen molar-refractivity contribution in [3.63, 3.8) is 0 Å². The molecule has 1 unspecified atom stereocenters. The Balaban J connectivity index is 1.55. The summed E-state index contributed by atoms with van der Waals surface area (Å²) in [5.41, 5.74) is -0.261. The number of alkyl halides is 3. The molecule has 1 atom stereocenters.